The number of fused-ring (bicyclic) bond motifs is 3. The summed E-state index contributed by atoms with van der Waals surface area (Å²) < 4.78 is 30.5. The molecule has 1 amide bonds. The third-order valence-electron chi connectivity index (χ3n) is 5.62. The van der Waals surface area contributed by atoms with Crippen LogP contribution in [0, 0.1) is 5.92 Å². The highest BCUT2D eigenvalue weighted by molar-refractivity contribution is 5.88. The lowest BCUT2D eigenvalue weighted by molar-refractivity contribution is -0.141. The summed E-state index contributed by atoms with van der Waals surface area (Å²) in [5.41, 5.74) is 2.57. The molecule has 2 unspecified atom stereocenters. The third kappa shape index (κ3) is 3.10. The van der Waals surface area contributed by atoms with Gasteiger partial charge in [0.05, 0.1) is 0 Å². The standard InChI is InChI=1S/C21H19F2NO4/c22-18(23)9-12-10-21(12,19(25)26)24-20(27)28-11-17-15-7-3-1-5-13(15)14-6-2-4-8-16(14)17/h1-8,12,17-18H,9-11H2,(H,24,27)(H,25,26). The van der Waals surface area contributed by atoms with Crippen LogP contribution in [0.3, 0.4) is 0 Å². The molecule has 2 aliphatic rings. The van der Waals surface area contributed by atoms with Crippen LogP contribution in [0.25, 0.3) is 11.1 Å². The van der Waals surface area contributed by atoms with Gasteiger partial charge in [0.15, 0.2) is 0 Å². The van der Waals surface area contributed by atoms with Crippen molar-refractivity contribution < 1.29 is 28.2 Å². The zero-order valence-corrected chi connectivity index (χ0v) is 14.9. The zero-order chi connectivity index (χ0) is 19.9. The molecule has 5 nitrogen and oxygen atoms in total. The summed E-state index contributed by atoms with van der Waals surface area (Å²) in [5, 5.41) is 11.7. The number of amides is 1. The van der Waals surface area contributed by atoms with Crippen molar-refractivity contribution in [2.45, 2.75) is 30.7 Å². The van der Waals surface area contributed by atoms with E-state index in [0.29, 0.717) is 0 Å². The number of carbonyl (C=O) groups excluding carboxylic acids is 1. The number of hydrogen-bond donors (Lipinski definition) is 2. The Morgan fingerprint density at radius 2 is 1.68 bits per heavy atom. The molecule has 4 rings (SSSR count). The van der Waals surface area contributed by atoms with E-state index in [0.717, 1.165) is 22.3 Å². The summed E-state index contributed by atoms with van der Waals surface area (Å²) in [6.45, 7) is 0.0368. The van der Waals surface area contributed by atoms with Gasteiger partial charge in [-0.1, -0.05) is 48.5 Å². The first-order valence-electron chi connectivity index (χ1n) is 9.07. The van der Waals surface area contributed by atoms with Gasteiger partial charge in [-0.25, -0.2) is 18.4 Å². The molecule has 0 aliphatic heterocycles. The number of alkyl carbamates (subject to hydrolysis) is 1. The minimum absolute atomic E-state index is 0.0170. The minimum Gasteiger partial charge on any atom is -0.479 e. The average molecular weight is 387 g/mol. The molecule has 0 heterocycles. The molecule has 0 spiro atoms. The molecule has 2 N–H and O–H groups in total. The molecular formula is C21H19F2NO4. The number of carbonyl (C=O) groups is 2. The second-order valence-electron chi connectivity index (χ2n) is 7.25. The molecule has 7 heteroatoms. The maximum Gasteiger partial charge on any atom is 0.408 e. The Balaban J connectivity index is 1.45. The third-order valence-corrected chi connectivity index (χ3v) is 5.62. The first-order valence-corrected chi connectivity index (χ1v) is 9.07. The van der Waals surface area contributed by atoms with Gasteiger partial charge in [-0.05, 0) is 28.7 Å². The highest BCUT2D eigenvalue weighted by atomic mass is 19.3. The first-order chi connectivity index (χ1) is 13.4. The molecule has 1 saturated carbocycles. The van der Waals surface area contributed by atoms with Crippen molar-refractivity contribution in [3.63, 3.8) is 0 Å². The number of halogens is 2. The van der Waals surface area contributed by atoms with Gasteiger partial charge in [-0.2, -0.15) is 0 Å². The molecule has 146 valence electrons. The number of carboxylic acid groups (broad SMARTS) is 1. The number of nitrogens with one attached hydrogen (secondary N) is 1. The SMILES string of the molecule is O=C(NC1(C(=O)O)CC1CC(F)F)OCC1c2ccccc2-c2ccccc21. The number of aliphatic carboxylic acids is 1. The smallest absolute Gasteiger partial charge is 0.408 e. The Bertz CT molecular complexity index is 887. The van der Waals surface area contributed by atoms with Crippen molar-refractivity contribution in [3.8, 4) is 11.1 Å². The van der Waals surface area contributed by atoms with E-state index in [-0.39, 0.29) is 18.9 Å². The fraction of sp³-hybridized carbons (Fsp3) is 0.333. The number of benzene rings is 2. The van der Waals surface area contributed by atoms with Gasteiger partial charge in [0, 0.05) is 18.3 Å². The Labute approximate surface area is 160 Å². The average Bonchev–Trinajstić information content (AvgIpc) is 3.24. The van der Waals surface area contributed by atoms with Crippen LogP contribution in [-0.2, 0) is 9.53 Å². The highest BCUT2D eigenvalue weighted by Crippen LogP contribution is 2.48. The summed E-state index contributed by atoms with van der Waals surface area (Å²) in [5.74, 6) is -2.26. The number of alkyl halides is 2. The maximum absolute atomic E-state index is 12.6. The van der Waals surface area contributed by atoms with Gasteiger partial charge in [0.2, 0.25) is 6.43 Å². The van der Waals surface area contributed by atoms with Crippen molar-refractivity contribution >= 4 is 12.1 Å². The van der Waals surface area contributed by atoms with Gasteiger partial charge in [0.25, 0.3) is 0 Å². The van der Waals surface area contributed by atoms with Crippen LogP contribution in [0.4, 0.5) is 13.6 Å². The van der Waals surface area contributed by atoms with Gasteiger partial charge in [0.1, 0.15) is 12.1 Å². The number of hydrogen-bond acceptors (Lipinski definition) is 3. The predicted octanol–water partition coefficient (Wildman–Crippen LogP) is 4.02. The lowest BCUT2D eigenvalue weighted by atomic mass is 9.98. The first kappa shape index (κ1) is 18.4. The second-order valence-corrected chi connectivity index (χ2v) is 7.25. The van der Waals surface area contributed by atoms with Crippen LogP contribution in [-0.4, -0.2) is 35.7 Å². The van der Waals surface area contributed by atoms with Crippen LogP contribution in [0.2, 0.25) is 0 Å². The van der Waals surface area contributed by atoms with E-state index in [9.17, 15) is 23.5 Å². The Morgan fingerprint density at radius 3 is 2.21 bits per heavy atom. The van der Waals surface area contributed by atoms with E-state index in [1.54, 1.807) is 0 Å². The van der Waals surface area contributed by atoms with E-state index < -0.39 is 36.4 Å². The summed E-state index contributed by atoms with van der Waals surface area (Å²) in [7, 11) is 0. The summed E-state index contributed by atoms with van der Waals surface area (Å²) >= 11 is 0. The summed E-state index contributed by atoms with van der Waals surface area (Å²) in [4.78, 5) is 23.7. The monoisotopic (exact) mass is 387 g/mol. The summed E-state index contributed by atoms with van der Waals surface area (Å²) in [6.07, 6.45) is -4.09. The van der Waals surface area contributed by atoms with Crippen LogP contribution < -0.4 is 5.32 Å². The molecule has 0 radical (unpaired) electrons. The van der Waals surface area contributed by atoms with E-state index in [2.05, 4.69) is 5.32 Å². The van der Waals surface area contributed by atoms with Gasteiger partial charge in [-0.3, -0.25) is 0 Å². The normalized spacial score (nSPS) is 22.5. The van der Waals surface area contributed by atoms with Gasteiger partial charge in [-0.15, -0.1) is 0 Å². The Kier molecular flexibility index (Phi) is 4.53. The molecule has 0 bridgehead atoms. The topological polar surface area (TPSA) is 75.6 Å². The molecule has 28 heavy (non-hydrogen) atoms. The second kappa shape index (κ2) is 6.89. The van der Waals surface area contributed by atoms with Crippen molar-refractivity contribution in [1.82, 2.24) is 5.32 Å². The number of carboxylic acids is 1. The minimum atomic E-state index is -2.62. The molecular weight excluding hydrogens is 368 g/mol. The van der Waals surface area contributed by atoms with E-state index in [4.69, 9.17) is 4.74 Å². The van der Waals surface area contributed by atoms with E-state index in [1.807, 2.05) is 48.5 Å². The van der Waals surface area contributed by atoms with Crippen LogP contribution in [0.15, 0.2) is 48.5 Å². The quantitative estimate of drug-likeness (QED) is 0.785. The largest absolute Gasteiger partial charge is 0.479 e. The molecule has 2 aromatic rings. The molecule has 2 aromatic carbocycles. The predicted molar refractivity (Wildman–Crippen MR) is 97.3 cm³/mol. The van der Waals surface area contributed by atoms with Crippen LogP contribution in [0.1, 0.15) is 29.9 Å². The van der Waals surface area contributed by atoms with E-state index in [1.165, 1.54) is 0 Å². The Morgan fingerprint density at radius 1 is 1.11 bits per heavy atom. The van der Waals surface area contributed by atoms with Gasteiger partial charge < -0.3 is 15.2 Å². The van der Waals surface area contributed by atoms with Crippen molar-refractivity contribution in [2.24, 2.45) is 5.92 Å². The molecule has 2 aliphatic carbocycles. The number of ether oxygens (including phenoxy) is 1. The summed E-state index contributed by atoms with van der Waals surface area (Å²) in [6, 6.07) is 15.7. The van der Waals surface area contributed by atoms with E-state index >= 15 is 0 Å². The zero-order valence-electron chi connectivity index (χ0n) is 14.9. The molecule has 1 fully saturated rings. The molecule has 0 saturated heterocycles. The molecule has 2 atom stereocenters. The Hall–Kier alpha value is -2.96. The fourth-order valence-corrected chi connectivity index (χ4v) is 4.11. The molecule has 0 aromatic heterocycles. The van der Waals surface area contributed by atoms with Crippen molar-refractivity contribution in [3.05, 3.63) is 59.7 Å². The van der Waals surface area contributed by atoms with Gasteiger partial charge >= 0.3 is 12.1 Å². The lowest BCUT2D eigenvalue weighted by Gasteiger charge is -2.18. The van der Waals surface area contributed by atoms with Crippen LogP contribution in [0.5, 0.6) is 0 Å². The fourth-order valence-electron chi connectivity index (χ4n) is 4.11. The maximum atomic E-state index is 12.6. The van der Waals surface area contributed by atoms with Crippen molar-refractivity contribution in [2.75, 3.05) is 6.61 Å². The number of rotatable bonds is 6. The van der Waals surface area contributed by atoms with Crippen LogP contribution >= 0.6 is 0 Å². The van der Waals surface area contributed by atoms with Crippen molar-refractivity contribution in [1.29, 1.82) is 0 Å². The lowest BCUT2D eigenvalue weighted by Crippen LogP contribution is -2.45. The highest BCUT2D eigenvalue weighted by Gasteiger charge is 2.62.